The Balaban J connectivity index is 1.38. The van der Waals surface area contributed by atoms with Crippen LogP contribution in [0.25, 0.3) is 0 Å². The van der Waals surface area contributed by atoms with Crippen LogP contribution in [0.1, 0.15) is 16.8 Å². The van der Waals surface area contributed by atoms with Crippen LogP contribution in [0, 0.1) is 0 Å². The number of halogens is 1. The first kappa shape index (κ1) is 24.0. The Morgan fingerprint density at radius 3 is 2.27 bits per heavy atom. The number of hydrogen-bond donors (Lipinski definition) is 0. The van der Waals surface area contributed by atoms with Crippen molar-refractivity contribution in [2.45, 2.75) is 16.6 Å². The summed E-state index contributed by atoms with van der Waals surface area (Å²) in [4.78, 5) is 7.29. The summed E-state index contributed by atoms with van der Waals surface area (Å²) in [5.74, 6) is 1.40. The SMILES string of the molecule is COc1ccc(Cc2csc(N3CCN(S(=O)(=O)c4ccc(CBr)cc4)CC3)n2)cc1OC. The second-order valence-electron chi connectivity index (χ2n) is 7.66. The zero-order valence-corrected chi connectivity index (χ0v) is 21.7. The lowest BCUT2D eigenvalue weighted by Crippen LogP contribution is -2.48. The van der Waals surface area contributed by atoms with Crippen molar-refractivity contribution in [2.24, 2.45) is 0 Å². The van der Waals surface area contributed by atoms with Gasteiger partial charge in [0.25, 0.3) is 0 Å². The summed E-state index contributed by atoms with van der Waals surface area (Å²) < 4.78 is 38.2. The standard InChI is InChI=1S/C23H26BrN3O4S2/c1-30-21-8-5-18(14-22(21)31-2)13-19-16-32-23(25-19)26-9-11-27(12-10-26)33(28,29)20-6-3-17(15-24)4-7-20/h3-8,14,16H,9-13,15H2,1-2H3. The molecule has 1 saturated heterocycles. The van der Waals surface area contributed by atoms with Crippen LogP contribution in [0.2, 0.25) is 0 Å². The molecule has 0 bridgehead atoms. The van der Waals surface area contributed by atoms with Crippen molar-refractivity contribution in [3.05, 3.63) is 64.7 Å². The molecule has 1 fully saturated rings. The number of rotatable bonds is 8. The molecule has 2 heterocycles. The van der Waals surface area contributed by atoms with Gasteiger partial charge in [0.05, 0.1) is 24.8 Å². The molecule has 33 heavy (non-hydrogen) atoms. The number of nitrogens with zero attached hydrogens (tertiary/aromatic N) is 3. The molecular formula is C23H26BrN3O4S2. The molecule has 0 aliphatic carbocycles. The first-order chi connectivity index (χ1) is 15.9. The Bertz CT molecular complexity index is 1190. The topological polar surface area (TPSA) is 72.0 Å². The van der Waals surface area contributed by atoms with Crippen LogP contribution < -0.4 is 14.4 Å². The number of sulfonamides is 1. The lowest BCUT2D eigenvalue weighted by atomic mass is 10.1. The highest BCUT2D eigenvalue weighted by Gasteiger charge is 2.29. The van der Waals surface area contributed by atoms with Crippen molar-refractivity contribution in [3.8, 4) is 11.5 Å². The van der Waals surface area contributed by atoms with Crippen LogP contribution in [0.5, 0.6) is 11.5 Å². The Hall–Kier alpha value is -2.14. The molecule has 2 aromatic carbocycles. The Kier molecular flexibility index (Phi) is 7.58. The van der Waals surface area contributed by atoms with Gasteiger partial charge >= 0.3 is 0 Å². The Labute approximate surface area is 207 Å². The molecule has 0 radical (unpaired) electrons. The highest BCUT2D eigenvalue weighted by atomic mass is 79.9. The lowest BCUT2D eigenvalue weighted by molar-refractivity contribution is 0.354. The summed E-state index contributed by atoms with van der Waals surface area (Å²) in [5.41, 5.74) is 3.11. The van der Waals surface area contributed by atoms with Crippen molar-refractivity contribution in [3.63, 3.8) is 0 Å². The third-order valence-electron chi connectivity index (χ3n) is 5.60. The molecule has 0 amide bonds. The molecule has 0 N–H and O–H groups in total. The molecule has 4 rings (SSSR count). The number of anilines is 1. The Morgan fingerprint density at radius 2 is 1.64 bits per heavy atom. The Morgan fingerprint density at radius 1 is 0.970 bits per heavy atom. The van der Waals surface area contributed by atoms with Crippen molar-refractivity contribution < 1.29 is 17.9 Å². The van der Waals surface area contributed by atoms with Crippen LogP contribution in [0.3, 0.4) is 0 Å². The predicted octanol–water partition coefficient (Wildman–Crippen LogP) is 4.16. The third kappa shape index (κ3) is 5.34. The third-order valence-corrected chi connectivity index (χ3v) is 9.11. The van der Waals surface area contributed by atoms with E-state index in [0.717, 1.165) is 22.0 Å². The zero-order chi connectivity index (χ0) is 23.4. The van der Waals surface area contributed by atoms with E-state index < -0.39 is 10.0 Å². The van der Waals surface area contributed by atoms with Gasteiger partial charge in [-0.25, -0.2) is 13.4 Å². The minimum Gasteiger partial charge on any atom is -0.493 e. The van der Waals surface area contributed by atoms with E-state index in [4.69, 9.17) is 14.5 Å². The number of methoxy groups -OCH3 is 2. The van der Waals surface area contributed by atoms with E-state index in [2.05, 4.69) is 26.2 Å². The van der Waals surface area contributed by atoms with Crippen molar-refractivity contribution in [2.75, 3.05) is 45.3 Å². The molecule has 0 spiro atoms. The number of alkyl halides is 1. The lowest BCUT2D eigenvalue weighted by Gasteiger charge is -2.33. The molecule has 1 aromatic heterocycles. The summed E-state index contributed by atoms with van der Waals surface area (Å²) in [5, 5.41) is 3.68. The van der Waals surface area contributed by atoms with E-state index in [0.29, 0.717) is 54.3 Å². The van der Waals surface area contributed by atoms with E-state index >= 15 is 0 Å². The fourth-order valence-electron chi connectivity index (χ4n) is 3.74. The molecule has 7 nitrogen and oxygen atoms in total. The van der Waals surface area contributed by atoms with Crippen LogP contribution in [-0.4, -0.2) is 58.1 Å². The molecule has 0 saturated carbocycles. The van der Waals surface area contributed by atoms with Gasteiger partial charge in [-0.3, -0.25) is 0 Å². The number of thiazole rings is 1. The number of piperazine rings is 1. The summed E-state index contributed by atoms with van der Waals surface area (Å²) in [7, 11) is -0.242. The molecule has 0 atom stereocenters. The summed E-state index contributed by atoms with van der Waals surface area (Å²) in [6, 6.07) is 12.9. The first-order valence-electron chi connectivity index (χ1n) is 10.5. The highest BCUT2D eigenvalue weighted by Crippen LogP contribution is 2.30. The molecule has 0 unspecified atom stereocenters. The van der Waals surface area contributed by atoms with E-state index in [-0.39, 0.29) is 0 Å². The van der Waals surface area contributed by atoms with E-state index in [1.165, 1.54) is 0 Å². The van der Waals surface area contributed by atoms with Crippen molar-refractivity contribution >= 4 is 42.4 Å². The smallest absolute Gasteiger partial charge is 0.243 e. The number of aromatic nitrogens is 1. The maximum Gasteiger partial charge on any atom is 0.243 e. The maximum absolute atomic E-state index is 13.0. The summed E-state index contributed by atoms with van der Waals surface area (Å²) in [6.07, 6.45) is 0.690. The number of hydrogen-bond acceptors (Lipinski definition) is 7. The van der Waals surface area contributed by atoms with Crippen molar-refractivity contribution in [1.29, 1.82) is 0 Å². The predicted molar refractivity (Wildman–Crippen MR) is 135 cm³/mol. The first-order valence-corrected chi connectivity index (χ1v) is 13.9. The van der Waals surface area contributed by atoms with Crippen molar-refractivity contribution in [1.82, 2.24) is 9.29 Å². The van der Waals surface area contributed by atoms with E-state index in [1.807, 2.05) is 30.3 Å². The van der Waals surface area contributed by atoms with E-state index in [9.17, 15) is 8.42 Å². The van der Waals surface area contributed by atoms with Gasteiger partial charge in [-0.05, 0) is 35.4 Å². The molecular weight excluding hydrogens is 526 g/mol. The quantitative estimate of drug-likeness (QED) is 0.391. The monoisotopic (exact) mass is 551 g/mol. The fraction of sp³-hybridized carbons (Fsp3) is 0.348. The fourth-order valence-corrected chi connectivity index (χ4v) is 6.42. The van der Waals surface area contributed by atoms with Gasteiger partial charge in [0.1, 0.15) is 0 Å². The second kappa shape index (κ2) is 10.4. The van der Waals surface area contributed by atoms with Gasteiger partial charge in [0, 0.05) is 43.3 Å². The van der Waals surface area contributed by atoms with Crippen LogP contribution in [0.4, 0.5) is 5.13 Å². The van der Waals surface area contributed by atoms with Crippen LogP contribution in [-0.2, 0) is 21.8 Å². The normalized spacial score (nSPS) is 14.9. The van der Waals surface area contributed by atoms with E-state index in [1.54, 1.807) is 42.0 Å². The molecule has 176 valence electrons. The molecule has 3 aromatic rings. The minimum absolute atomic E-state index is 0.340. The minimum atomic E-state index is -3.49. The van der Waals surface area contributed by atoms with Gasteiger partial charge in [-0.2, -0.15) is 4.31 Å². The van der Waals surface area contributed by atoms with Gasteiger partial charge in [-0.15, -0.1) is 11.3 Å². The molecule has 10 heteroatoms. The summed E-state index contributed by atoms with van der Waals surface area (Å²) >= 11 is 4.98. The number of ether oxygens (including phenoxy) is 2. The number of benzene rings is 2. The largest absolute Gasteiger partial charge is 0.493 e. The average Bonchev–Trinajstić information content (AvgIpc) is 3.32. The molecule has 1 aliphatic rings. The van der Waals surface area contributed by atoms with Crippen LogP contribution in [0.15, 0.2) is 52.7 Å². The summed E-state index contributed by atoms with van der Waals surface area (Å²) in [6.45, 7) is 2.10. The highest BCUT2D eigenvalue weighted by molar-refractivity contribution is 9.08. The maximum atomic E-state index is 13.0. The average molecular weight is 553 g/mol. The second-order valence-corrected chi connectivity index (χ2v) is 11.0. The van der Waals surface area contributed by atoms with Gasteiger partial charge in [0.2, 0.25) is 10.0 Å². The van der Waals surface area contributed by atoms with Gasteiger partial charge in [0.15, 0.2) is 16.6 Å². The molecule has 1 aliphatic heterocycles. The van der Waals surface area contributed by atoms with Gasteiger partial charge in [-0.1, -0.05) is 34.1 Å². The van der Waals surface area contributed by atoms with Gasteiger partial charge < -0.3 is 14.4 Å². The zero-order valence-electron chi connectivity index (χ0n) is 18.5. The van der Waals surface area contributed by atoms with Crippen LogP contribution >= 0.6 is 27.3 Å².